The molecule has 0 aliphatic carbocycles. The van der Waals surface area contributed by atoms with E-state index in [2.05, 4.69) is 207 Å². The summed E-state index contributed by atoms with van der Waals surface area (Å²) in [5.41, 5.74) is 0.523. The quantitative estimate of drug-likeness (QED) is 0.116. The van der Waals surface area contributed by atoms with Gasteiger partial charge < -0.3 is 9.59 Å². The van der Waals surface area contributed by atoms with Crippen LogP contribution in [0.5, 0.6) is 0 Å². The van der Waals surface area contributed by atoms with Gasteiger partial charge in [-0.05, 0) is 60.2 Å². The zero-order chi connectivity index (χ0) is 35.2. The van der Waals surface area contributed by atoms with Crippen LogP contribution in [0.25, 0.3) is 0 Å². The molecule has 0 atom stereocenters. The average molecular weight is 751 g/mol. The zero-order valence-electron chi connectivity index (χ0n) is 27.1. The third kappa shape index (κ3) is 11.6. The van der Waals surface area contributed by atoms with Gasteiger partial charge in [-0.1, -0.05) is 182 Å². The Kier molecular flexibility index (Phi) is 17.1. The van der Waals surface area contributed by atoms with Crippen molar-refractivity contribution in [3.8, 4) is 0 Å². The predicted molar refractivity (Wildman–Crippen MR) is 212 cm³/mol. The largest absolute Gasteiger partial charge is 0.0622 e. The second-order valence-electron chi connectivity index (χ2n) is 10.4. The van der Waals surface area contributed by atoms with Gasteiger partial charge in [-0.15, -0.1) is 12.1 Å². The first-order chi connectivity index (χ1) is 24.8. The fourth-order valence-electron chi connectivity index (χ4n) is 5.02. The second-order valence-corrected chi connectivity index (χ2v) is 14.9. The van der Waals surface area contributed by atoms with E-state index in [4.69, 9.17) is 0 Å². The smallest absolute Gasteiger partial charge is 0.0134 e. The molecular weight excluding hydrogens is 717 g/mol. The topological polar surface area (TPSA) is 34.1 Å². The fraction of sp³-hybridized carbons (Fsp3) is 0. The molecule has 0 aromatic heterocycles. The maximum absolute atomic E-state index is 10.1. The first-order valence-corrected chi connectivity index (χ1v) is 19.8. The summed E-state index contributed by atoms with van der Waals surface area (Å²) in [7, 11) is 3.43. The summed E-state index contributed by atoms with van der Waals surface area (Å²) in [4.78, 5) is 20.2. The Morgan fingerprint density at radius 2 is 0.460 bits per heavy atom. The molecule has 6 heteroatoms. The van der Waals surface area contributed by atoms with E-state index < -0.39 is 15.8 Å². The molecule has 0 heterocycles. The number of hydrogen-bond donors (Lipinski definition) is 0. The van der Waals surface area contributed by atoms with Crippen molar-refractivity contribution in [3.63, 3.8) is 0 Å². The molecule has 0 saturated carbocycles. The van der Waals surface area contributed by atoms with Crippen LogP contribution in [-0.4, -0.2) is 12.6 Å². The third-order valence-corrected chi connectivity index (χ3v) is 12.1. The Morgan fingerprint density at radius 1 is 0.300 bits per heavy atom. The standard InChI is InChI=1S/2C18H15P.C8H4O2.ClH.Co/c2*1-4-10-16(11-5-1)19(17-12-6-2-7-13-17)18-14-8-3-9-15-18;9-5-7-3-1-2-4-8(7)6-10;;/h2*1-15H;1-4H;1H;/q;;-2;;+3/p-1. The van der Waals surface area contributed by atoms with Gasteiger partial charge in [0.2, 0.25) is 0 Å². The van der Waals surface area contributed by atoms with Crippen LogP contribution in [0.3, 0.4) is 0 Å². The molecule has 0 spiro atoms. The third-order valence-electron chi connectivity index (χ3n) is 7.23. The van der Waals surface area contributed by atoms with Crippen LogP contribution in [0.4, 0.5) is 0 Å². The molecule has 50 heavy (non-hydrogen) atoms. The molecule has 248 valence electrons. The van der Waals surface area contributed by atoms with Gasteiger partial charge in [0.05, 0.1) is 0 Å². The van der Waals surface area contributed by atoms with Crippen molar-refractivity contribution < 1.29 is 24.4 Å². The Hall–Kier alpha value is -4.46. The van der Waals surface area contributed by atoms with Gasteiger partial charge in [-0.3, -0.25) is 11.1 Å². The normalized spacial score (nSPS) is 9.92. The molecule has 0 bridgehead atoms. The van der Waals surface area contributed by atoms with Gasteiger partial charge in [0.25, 0.3) is 0 Å². The predicted octanol–water partition coefficient (Wildman–Crippen LogP) is 8.18. The van der Waals surface area contributed by atoms with E-state index in [0.717, 1.165) is 0 Å². The van der Waals surface area contributed by atoms with Crippen molar-refractivity contribution >= 4 is 70.4 Å². The van der Waals surface area contributed by atoms with Crippen LogP contribution in [0.15, 0.2) is 206 Å². The molecule has 0 N–H and O–H groups in total. The Balaban J connectivity index is 0.000000172. The van der Waals surface area contributed by atoms with Gasteiger partial charge >= 0.3 is 25.0 Å². The summed E-state index contributed by atoms with van der Waals surface area (Å²) >= 11 is 3.03. The number of benzene rings is 7. The molecule has 7 aromatic carbocycles. The summed E-state index contributed by atoms with van der Waals surface area (Å²) in [6.45, 7) is 0. The van der Waals surface area contributed by atoms with Crippen LogP contribution < -0.4 is 31.8 Å². The van der Waals surface area contributed by atoms with E-state index in [-0.39, 0.29) is 11.1 Å². The van der Waals surface area contributed by atoms with Crippen molar-refractivity contribution in [1.29, 1.82) is 0 Å². The first-order valence-electron chi connectivity index (χ1n) is 15.7. The molecular formula is C44H34ClCoO2P2. The van der Waals surface area contributed by atoms with Crippen LogP contribution >= 0.6 is 26.0 Å². The number of halogens is 1. The van der Waals surface area contributed by atoms with E-state index in [1.807, 2.05) is 0 Å². The molecule has 0 unspecified atom stereocenters. The minimum atomic E-state index is -0.446. The van der Waals surface area contributed by atoms with Crippen LogP contribution in [0.1, 0.15) is 11.1 Å². The minimum absolute atomic E-state index is 0.262. The van der Waals surface area contributed by atoms with Crippen molar-refractivity contribution in [3.05, 3.63) is 217 Å². The van der Waals surface area contributed by atoms with Gasteiger partial charge in [0.1, 0.15) is 0 Å². The first kappa shape index (κ1) is 38.3. The Morgan fingerprint density at radius 3 is 0.620 bits per heavy atom. The second kappa shape index (κ2) is 22.3. The summed E-state index contributed by atoms with van der Waals surface area (Å²) in [5, 5.41) is 8.39. The van der Waals surface area contributed by atoms with E-state index in [9.17, 15) is 9.59 Å². The fourth-order valence-corrected chi connectivity index (χ4v) is 9.63. The van der Waals surface area contributed by atoms with Gasteiger partial charge in [-0.25, -0.2) is 12.1 Å². The maximum Gasteiger partial charge on any atom is -0.0134 e. The summed E-state index contributed by atoms with van der Waals surface area (Å²) < 4.78 is 0. The minimum Gasteiger partial charge on any atom is -0.0622 e. The number of carbonyl (C=O) groups excluding carboxylic acids is 2. The van der Waals surface area contributed by atoms with Crippen molar-refractivity contribution in [1.82, 2.24) is 0 Å². The van der Waals surface area contributed by atoms with E-state index >= 15 is 0 Å². The van der Waals surface area contributed by atoms with Crippen LogP contribution in [-0.2, 0) is 24.4 Å². The summed E-state index contributed by atoms with van der Waals surface area (Å²) in [6, 6.07) is 71.0. The average Bonchev–Trinajstić information content (AvgIpc) is 3.22. The molecule has 0 amide bonds. The van der Waals surface area contributed by atoms with Crippen LogP contribution in [0, 0.1) is 0 Å². The summed E-state index contributed by atoms with van der Waals surface area (Å²) in [6.07, 6.45) is 3.27. The Labute approximate surface area is 310 Å². The molecule has 7 rings (SSSR count). The molecule has 0 saturated heterocycles. The van der Waals surface area contributed by atoms with E-state index in [0.29, 0.717) is 0 Å². The molecule has 0 radical (unpaired) electrons. The van der Waals surface area contributed by atoms with Crippen molar-refractivity contribution in [2.24, 2.45) is 0 Å². The van der Waals surface area contributed by atoms with Crippen molar-refractivity contribution in [2.45, 2.75) is 0 Å². The molecule has 2 nitrogen and oxygen atoms in total. The van der Waals surface area contributed by atoms with Gasteiger partial charge in [-0.2, -0.15) is 0 Å². The van der Waals surface area contributed by atoms with Gasteiger partial charge in [0, 0.05) is 0 Å². The zero-order valence-corrected chi connectivity index (χ0v) is 30.6. The number of hydrogen-bond acceptors (Lipinski definition) is 2. The molecule has 0 aliphatic heterocycles. The van der Waals surface area contributed by atoms with Crippen LogP contribution in [0.2, 0.25) is 0 Å². The van der Waals surface area contributed by atoms with E-state index in [1.165, 1.54) is 44.0 Å². The SMILES string of the molecule is O=[C-]c1ccccc1[C-]=O.[Cl][Co+2].c1ccc(P(c2ccccc2)c2ccccc2)cc1.c1ccc(P(c2ccccc2)c2ccccc2)cc1. The van der Waals surface area contributed by atoms with Gasteiger partial charge in [0.15, 0.2) is 0 Å². The van der Waals surface area contributed by atoms with Crippen molar-refractivity contribution in [2.75, 3.05) is 0 Å². The number of rotatable bonds is 8. The summed E-state index contributed by atoms with van der Waals surface area (Å²) in [5.74, 6) is 0. The maximum atomic E-state index is 10.1. The monoisotopic (exact) mass is 750 g/mol. The van der Waals surface area contributed by atoms with E-state index in [1.54, 1.807) is 24.7 Å². The molecule has 7 aromatic rings. The Bertz CT molecular complexity index is 1620. The molecule has 0 aliphatic rings. The molecule has 0 fully saturated rings.